The molecular weight excluding hydrogens is 280 g/mol. The number of benzene rings is 1. The molecule has 0 aromatic heterocycles. The standard InChI is InChI=1S/C13H19BrN2O/c1-17-13-3-2-11(8-12(13)14)16-7-5-10-4-6-15-9-10/h2-3,8,10,15-16H,4-7,9H2,1H3. The Morgan fingerprint density at radius 3 is 3.06 bits per heavy atom. The molecule has 1 fully saturated rings. The topological polar surface area (TPSA) is 33.3 Å². The van der Waals surface area contributed by atoms with Crippen LogP contribution in [0.4, 0.5) is 5.69 Å². The molecule has 0 radical (unpaired) electrons. The lowest BCUT2D eigenvalue weighted by Crippen LogP contribution is -2.12. The van der Waals surface area contributed by atoms with Gasteiger partial charge in [0, 0.05) is 12.2 Å². The second-order valence-electron chi connectivity index (χ2n) is 4.42. The van der Waals surface area contributed by atoms with Gasteiger partial charge in [-0.05, 0) is 66.0 Å². The van der Waals surface area contributed by atoms with E-state index in [0.717, 1.165) is 28.4 Å². The van der Waals surface area contributed by atoms with Crippen molar-refractivity contribution in [1.82, 2.24) is 5.32 Å². The Balaban J connectivity index is 1.80. The number of hydrogen-bond donors (Lipinski definition) is 2. The number of methoxy groups -OCH3 is 1. The molecule has 4 heteroatoms. The van der Waals surface area contributed by atoms with Crippen molar-refractivity contribution in [2.75, 3.05) is 32.1 Å². The molecular formula is C13H19BrN2O. The highest BCUT2D eigenvalue weighted by Gasteiger charge is 2.13. The van der Waals surface area contributed by atoms with Gasteiger partial charge in [-0.1, -0.05) is 0 Å². The van der Waals surface area contributed by atoms with Crippen LogP contribution in [0.5, 0.6) is 5.75 Å². The summed E-state index contributed by atoms with van der Waals surface area (Å²) in [7, 11) is 1.68. The van der Waals surface area contributed by atoms with Crippen molar-refractivity contribution in [2.45, 2.75) is 12.8 Å². The summed E-state index contributed by atoms with van der Waals surface area (Å²) in [5.41, 5.74) is 1.14. The minimum absolute atomic E-state index is 0.837. The molecule has 1 saturated heterocycles. The zero-order valence-corrected chi connectivity index (χ0v) is 11.7. The van der Waals surface area contributed by atoms with Crippen LogP contribution in [-0.2, 0) is 0 Å². The summed E-state index contributed by atoms with van der Waals surface area (Å²) in [5.74, 6) is 1.71. The van der Waals surface area contributed by atoms with E-state index in [1.165, 1.54) is 25.9 Å². The Morgan fingerprint density at radius 2 is 2.41 bits per heavy atom. The van der Waals surface area contributed by atoms with Gasteiger partial charge in [-0.25, -0.2) is 0 Å². The number of hydrogen-bond acceptors (Lipinski definition) is 3. The maximum absolute atomic E-state index is 5.20. The lowest BCUT2D eigenvalue weighted by Gasteiger charge is -2.11. The molecule has 0 saturated carbocycles. The normalized spacial score (nSPS) is 19.3. The van der Waals surface area contributed by atoms with Crippen molar-refractivity contribution in [2.24, 2.45) is 5.92 Å². The molecule has 1 aromatic rings. The zero-order chi connectivity index (χ0) is 12.1. The summed E-state index contributed by atoms with van der Waals surface area (Å²) in [4.78, 5) is 0. The Morgan fingerprint density at radius 1 is 1.53 bits per heavy atom. The van der Waals surface area contributed by atoms with Crippen molar-refractivity contribution in [1.29, 1.82) is 0 Å². The number of halogens is 1. The van der Waals surface area contributed by atoms with Crippen molar-refractivity contribution in [3.63, 3.8) is 0 Å². The van der Waals surface area contributed by atoms with E-state index in [1.54, 1.807) is 7.11 Å². The van der Waals surface area contributed by atoms with Gasteiger partial charge in [0.2, 0.25) is 0 Å². The quantitative estimate of drug-likeness (QED) is 0.877. The first-order valence-corrected chi connectivity index (χ1v) is 6.87. The fraction of sp³-hybridized carbons (Fsp3) is 0.538. The molecule has 1 unspecified atom stereocenters. The third-order valence-electron chi connectivity index (χ3n) is 3.20. The van der Waals surface area contributed by atoms with Gasteiger partial charge in [-0.15, -0.1) is 0 Å². The van der Waals surface area contributed by atoms with E-state index in [9.17, 15) is 0 Å². The Kier molecular flexibility index (Phi) is 4.68. The highest BCUT2D eigenvalue weighted by molar-refractivity contribution is 9.10. The van der Waals surface area contributed by atoms with Gasteiger partial charge < -0.3 is 15.4 Å². The first kappa shape index (κ1) is 12.7. The largest absolute Gasteiger partial charge is 0.496 e. The fourth-order valence-corrected chi connectivity index (χ4v) is 2.70. The first-order valence-electron chi connectivity index (χ1n) is 6.07. The van der Waals surface area contributed by atoms with Crippen LogP contribution in [0, 0.1) is 5.92 Å². The number of anilines is 1. The minimum Gasteiger partial charge on any atom is -0.496 e. The summed E-state index contributed by atoms with van der Waals surface area (Å²) >= 11 is 3.49. The van der Waals surface area contributed by atoms with Crippen molar-refractivity contribution >= 4 is 21.6 Å². The molecule has 0 amide bonds. The van der Waals surface area contributed by atoms with Gasteiger partial charge in [-0.2, -0.15) is 0 Å². The van der Waals surface area contributed by atoms with Crippen LogP contribution in [0.3, 0.4) is 0 Å². The summed E-state index contributed by atoms with van der Waals surface area (Å²) in [6.07, 6.45) is 2.55. The van der Waals surface area contributed by atoms with Crippen LogP contribution >= 0.6 is 15.9 Å². The first-order chi connectivity index (χ1) is 8.29. The van der Waals surface area contributed by atoms with E-state index >= 15 is 0 Å². The van der Waals surface area contributed by atoms with Gasteiger partial charge in [0.05, 0.1) is 11.6 Å². The van der Waals surface area contributed by atoms with Gasteiger partial charge in [0.1, 0.15) is 5.75 Å². The smallest absolute Gasteiger partial charge is 0.133 e. The van der Waals surface area contributed by atoms with Gasteiger partial charge in [0.15, 0.2) is 0 Å². The summed E-state index contributed by atoms with van der Waals surface area (Å²) in [6, 6.07) is 6.09. The lowest BCUT2D eigenvalue weighted by molar-refractivity contribution is 0.412. The van der Waals surface area contributed by atoms with Crippen LogP contribution in [0.25, 0.3) is 0 Å². The molecule has 2 N–H and O–H groups in total. The van der Waals surface area contributed by atoms with Gasteiger partial charge >= 0.3 is 0 Å². The molecule has 3 nitrogen and oxygen atoms in total. The van der Waals surface area contributed by atoms with E-state index in [4.69, 9.17) is 4.74 Å². The third kappa shape index (κ3) is 3.61. The summed E-state index contributed by atoms with van der Waals surface area (Å²) in [6.45, 7) is 3.39. The molecule has 2 rings (SSSR count). The van der Waals surface area contributed by atoms with Crippen LogP contribution < -0.4 is 15.4 Å². The Hall–Kier alpha value is -0.740. The van der Waals surface area contributed by atoms with Crippen molar-refractivity contribution in [3.8, 4) is 5.75 Å². The lowest BCUT2D eigenvalue weighted by atomic mass is 10.1. The highest BCUT2D eigenvalue weighted by Crippen LogP contribution is 2.27. The molecule has 0 spiro atoms. The number of ether oxygens (including phenoxy) is 1. The molecule has 1 aliphatic heterocycles. The second kappa shape index (κ2) is 6.26. The fourth-order valence-electron chi connectivity index (χ4n) is 2.16. The average Bonchev–Trinajstić information content (AvgIpc) is 2.82. The summed E-state index contributed by atoms with van der Waals surface area (Å²) < 4.78 is 6.20. The van der Waals surface area contributed by atoms with Crippen LogP contribution in [0.15, 0.2) is 22.7 Å². The SMILES string of the molecule is COc1ccc(NCCC2CCNC2)cc1Br. The molecule has 1 aromatic carbocycles. The van der Waals surface area contributed by atoms with Crippen LogP contribution in [0.2, 0.25) is 0 Å². The average molecular weight is 299 g/mol. The third-order valence-corrected chi connectivity index (χ3v) is 3.82. The summed E-state index contributed by atoms with van der Waals surface area (Å²) in [5, 5.41) is 6.84. The van der Waals surface area contributed by atoms with E-state index in [1.807, 2.05) is 6.07 Å². The van der Waals surface area contributed by atoms with E-state index in [0.29, 0.717) is 0 Å². The molecule has 0 bridgehead atoms. The number of nitrogens with one attached hydrogen (secondary N) is 2. The van der Waals surface area contributed by atoms with E-state index < -0.39 is 0 Å². The van der Waals surface area contributed by atoms with Crippen molar-refractivity contribution < 1.29 is 4.74 Å². The van der Waals surface area contributed by atoms with E-state index in [-0.39, 0.29) is 0 Å². The highest BCUT2D eigenvalue weighted by atomic mass is 79.9. The van der Waals surface area contributed by atoms with Gasteiger partial charge in [0.25, 0.3) is 0 Å². The second-order valence-corrected chi connectivity index (χ2v) is 5.28. The van der Waals surface area contributed by atoms with Crippen LogP contribution in [0.1, 0.15) is 12.8 Å². The Labute approximate surface area is 111 Å². The monoisotopic (exact) mass is 298 g/mol. The maximum atomic E-state index is 5.20. The molecule has 1 atom stereocenters. The van der Waals surface area contributed by atoms with Gasteiger partial charge in [-0.3, -0.25) is 0 Å². The molecule has 1 heterocycles. The van der Waals surface area contributed by atoms with E-state index in [2.05, 4.69) is 38.7 Å². The van der Waals surface area contributed by atoms with Crippen LogP contribution in [-0.4, -0.2) is 26.7 Å². The van der Waals surface area contributed by atoms with Crippen molar-refractivity contribution in [3.05, 3.63) is 22.7 Å². The molecule has 17 heavy (non-hydrogen) atoms. The molecule has 1 aliphatic rings. The predicted molar refractivity (Wildman–Crippen MR) is 74.8 cm³/mol. The maximum Gasteiger partial charge on any atom is 0.133 e. The number of rotatable bonds is 5. The Bertz CT molecular complexity index is 364. The minimum atomic E-state index is 0.837. The molecule has 0 aliphatic carbocycles. The predicted octanol–water partition coefficient (Wildman–Crippen LogP) is 2.87. The molecule has 94 valence electrons. The zero-order valence-electron chi connectivity index (χ0n) is 10.1.